The molecule has 0 unspecified atom stereocenters. The Kier molecular flexibility index (Phi) is 8.39. The highest BCUT2D eigenvalue weighted by Gasteiger charge is 2.12. The highest BCUT2D eigenvalue weighted by molar-refractivity contribution is 5.90. The standard InChI is InChI=1S/C28H34N6O2/c1-2-3-4-5-6-7-24(35)32-28-33-26-25(27(36)34-28)21(18-31-26)17-30-23-14-10-20(11-15-23)16-19-8-12-22(29)13-9-19/h8-15,18,30H,2-7,16-17,29H2,1H3,(H3,31,32,33,34,35,36). The van der Waals surface area contributed by atoms with E-state index in [0.29, 0.717) is 24.0 Å². The number of nitrogens with one attached hydrogen (secondary N) is 4. The summed E-state index contributed by atoms with van der Waals surface area (Å²) in [6.45, 7) is 2.63. The molecule has 0 aliphatic carbocycles. The Labute approximate surface area is 210 Å². The Balaban J connectivity index is 1.33. The van der Waals surface area contributed by atoms with E-state index >= 15 is 0 Å². The molecule has 0 radical (unpaired) electrons. The van der Waals surface area contributed by atoms with Crippen molar-refractivity contribution in [2.45, 2.75) is 58.4 Å². The van der Waals surface area contributed by atoms with Crippen LogP contribution < -0.4 is 21.9 Å². The van der Waals surface area contributed by atoms with Gasteiger partial charge in [0.25, 0.3) is 5.56 Å². The molecule has 8 nitrogen and oxygen atoms in total. The Bertz CT molecular complexity index is 1340. The average Bonchev–Trinajstić information content (AvgIpc) is 3.28. The predicted octanol–water partition coefficient (Wildman–Crippen LogP) is 5.34. The van der Waals surface area contributed by atoms with Crippen LogP contribution in [0.3, 0.4) is 0 Å². The first kappa shape index (κ1) is 25.0. The van der Waals surface area contributed by atoms with Crippen LogP contribution in [0, 0.1) is 0 Å². The van der Waals surface area contributed by atoms with Gasteiger partial charge in [0.1, 0.15) is 5.65 Å². The molecular formula is C28H34N6O2. The number of hydrogen-bond acceptors (Lipinski definition) is 5. The molecule has 0 aliphatic rings. The minimum Gasteiger partial charge on any atom is -0.399 e. The second-order valence-corrected chi connectivity index (χ2v) is 9.13. The van der Waals surface area contributed by atoms with Gasteiger partial charge in [-0.05, 0) is 48.2 Å². The van der Waals surface area contributed by atoms with Crippen molar-refractivity contribution in [1.82, 2.24) is 15.0 Å². The lowest BCUT2D eigenvalue weighted by Crippen LogP contribution is -2.18. The maximum absolute atomic E-state index is 12.7. The molecule has 0 aliphatic heterocycles. The van der Waals surface area contributed by atoms with E-state index in [1.807, 2.05) is 36.4 Å². The quantitative estimate of drug-likeness (QED) is 0.136. The summed E-state index contributed by atoms with van der Waals surface area (Å²) in [5.41, 5.74) is 10.9. The third kappa shape index (κ3) is 6.75. The first-order valence-corrected chi connectivity index (χ1v) is 12.6. The molecule has 8 heteroatoms. The summed E-state index contributed by atoms with van der Waals surface area (Å²) in [7, 11) is 0. The molecule has 2 aromatic carbocycles. The number of nitrogens with zero attached hydrogens (tertiary/aromatic N) is 1. The van der Waals surface area contributed by atoms with Gasteiger partial charge < -0.3 is 16.0 Å². The number of aromatic nitrogens is 3. The molecule has 0 bridgehead atoms. The summed E-state index contributed by atoms with van der Waals surface area (Å²) in [6.07, 6.45) is 8.38. The topological polar surface area (TPSA) is 129 Å². The lowest BCUT2D eigenvalue weighted by Gasteiger charge is -2.08. The fraction of sp³-hybridized carbons (Fsp3) is 0.321. The van der Waals surface area contributed by atoms with Crippen molar-refractivity contribution in [3.05, 3.63) is 81.8 Å². The van der Waals surface area contributed by atoms with Gasteiger partial charge in [-0.15, -0.1) is 0 Å². The fourth-order valence-electron chi connectivity index (χ4n) is 4.19. The fourth-order valence-corrected chi connectivity index (χ4v) is 4.19. The number of aromatic amines is 2. The molecular weight excluding hydrogens is 452 g/mol. The van der Waals surface area contributed by atoms with Gasteiger partial charge in [-0.2, -0.15) is 4.98 Å². The lowest BCUT2D eigenvalue weighted by molar-refractivity contribution is -0.116. The van der Waals surface area contributed by atoms with Crippen molar-refractivity contribution in [2.24, 2.45) is 0 Å². The Hall–Kier alpha value is -4.07. The zero-order valence-corrected chi connectivity index (χ0v) is 20.7. The SMILES string of the molecule is CCCCCCCC(=O)Nc1nc2[nH]cc(CNc3ccc(Cc4ccc(N)cc4)cc3)c2c(=O)[nH]1. The average molecular weight is 487 g/mol. The van der Waals surface area contributed by atoms with Crippen molar-refractivity contribution in [3.8, 4) is 0 Å². The number of hydrogen-bond donors (Lipinski definition) is 5. The van der Waals surface area contributed by atoms with Crippen LogP contribution >= 0.6 is 0 Å². The lowest BCUT2D eigenvalue weighted by atomic mass is 10.0. The third-order valence-electron chi connectivity index (χ3n) is 6.21. The van der Waals surface area contributed by atoms with Crippen molar-refractivity contribution in [1.29, 1.82) is 0 Å². The van der Waals surface area contributed by atoms with Gasteiger partial charge >= 0.3 is 0 Å². The van der Waals surface area contributed by atoms with E-state index in [2.05, 4.69) is 44.6 Å². The van der Waals surface area contributed by atoms with E-state index in [4.69, 9.17) is 5.73 Å². The summed E-state index contributed by atoms with van der Waals surface area (Å²) in [4.78, 5) is 35.1. The van der Waals surface area contributed by atoms with E-state index in [0.717, 1.165) is 42.6 Å². The molecule has 4 aromatic rings. The molecule has 0 fully saturated rings. The maximum Gasteiger partial charge on any atom is 0.262 e. The second-order valence-electron chi connectivity index (χ2n) is 9.13. The third-order valence-corrected chi connectivity index (χ3v) is 6.21. The Morgan fingerprint density at radius 1 is 0.972 bits per heavy atom. The number of H-pyrrole nitrogens is 2. The van der Waals surface area contributed by atoms with Crippen LogP contribution in [0.15, 0.2) is 59.5 Å². The number of carbonyl (C=O) groups excluding carboxylic acids is 1. The van der Waals surface area contributed by atoms with Crippen LogP contribution in [0.25, 0.3) is 11.0 Å². The predicted molar refractivity (Wildman–Crippen MR) is 146 cm³/mol. The maximum atomic E-state index is 12.7. The van der Waals surface area contributed by atoms with E-state index in [-0.39, 0.29) is 17.4 Å². The van der Waals surface area contributed by atoms with Gasteiger partial charge in [-0.1, -0.05) is 56.9 Å². The number of fused-ring (bicyclic) bond motifs is 1. The Morgan fingerprint density at radius 2 is 1.67 bits per heavy atom. The van der Waals surface area contributed by atoms with E-state index in [1.54, 1.807) is 6.20 Å². The Morgan fingerprint density at radius 3 is 2.39 bits per heavy atom. The zero-order valence-electron chi connectivity index (χ0n) is 20.7. The van der Waals surface area contributed by atoms with Crippen molar-refractivity contribution >= 4 is 34.3 Å². The molecule has 0 saturated carbocycles. The van der Waals surface area contributed by atoms with Crippen LogP contribution in [0.2, 0.25) is 0 Å². The first-order chi connectivity index (χ1) is 17.5. The molecule has 0 saturated heterocycles. The monoisotopic (exact) mass is 486 g/mol. The van der Waals surface area contributed by atoms with Gasteiger partial charge in [-0.3, -0.25) is 19.9 Å². The summed E-state index contributed by atoms with van der Waals surface area (Å²) >= 11 is 0. The summed E-state index contributed by atoms with van der Waals surface area (Å²) in [6, 6.07) is 16.1. The van der Waals surface area contributed by atoms with Gasteiger partial charge in [0.2, 0.25) is 11.9 Å². The smallest absolute Gasteiger partial charge is 0.262 e. The summed E-state index contributed by atoms with van der Waals surface area (Å²) in [5.74, 6) is 0.0337. The molecule has 188 valence electrons. The number of unbranched alkanes of at least 4 members (excludes halogenated alkanes) is 4. The number of rotatable bonds is 12. The number of anilines is 3. The molecule has 2 aromatic heterocycles. The first-order valence-electron chi connectivity index (χ1n) is 12.6. The molecule has 2 heterocycles. The van der Waals surface area contributed by atoms with Crippen LogP contribution in [0.5, 0.6) is 0 Å². The van der Waals surface area contributed by atoms with Crippen molar-refractivity contribution in [2.75, 3.05) is 16.4 Å². The van der Waals surface area contributed by atoms with E-state index in [1.165, 1.54) is 24.0 Å². The molecule has 6 N–H and O–H groups in total. The highest BCUT2D eigenvalue weighted by Crippen LogP contribution is 2.18. The number of nitrogen functional groups attached to an aromatic ring is 1. The normalized spacial score (nSPS) is 11.0. The van der Waals surface area contributed by atoms with Crippen LogP contribution in [0.1, 0.15) is 62.1 Å². The van der Waals surface area contributed by atoms with Crippen LogP contribution in [0.4, 0.5) is 17.3 Å². The minimum absolute atomic E-state index is 0.137. The van der Waals surface area contributed by atoms with Gasteiger partial charge in [0.15, 0.2) is 0 Å². The summed E-state index contributed by atoms with van der Waals surface area (Å²) in [5, 5.41) is 6.56. The minimum atomic E-state index is -0.282. The zero-order chi connectivity index (χ0) is 25.3. The molecule has 4 rings (SSSR count). The number of carbonyl (C=O) groups is 1. The number of benzene rings is 2. The van der Waals surface area contributed by atoms with Crippen LogP contribution in [-0.4, -0.2) is 20.9 Å². The molecule has 36 heavy (non-hydrogen) atoms. The molecule has 1 amide bonds. The number of amides is 1. The molecule has 0 spiro atoms. The van der Waals surface area contributed by atoms with E-state index in [9.17, 15) is 9.59 Å². The van der Waals surface area contributed by atoms with Gasteiger partial charge in [-0.25, -0.2) is 0 Å². The van der Waals surface area contributed by atoms with Gasteiger partial charge in [0.05, 0.1) is 5.39 Å². The largest absolute Gasteiger partial charge is 0.399 e. The highest BCUT2D eigenvalue weighted by atomic mass is 16.2. The van der Waals surface area contributed by atoms with Crippen LogP contribution in [-0.2, 0) is 17.8 Å². The second kappa shape index (κ2) is 12.1. The van der Waals surface area contributed by atoms with Gasteiger partial charge in [0, 0.05) is 36.1 Å². The van der Waals surface area contributed by atoms with Crippen molar-refractivity contribution < 1.29 is 4.79 Å². The molecule has 0 atom stereocenters. The number of nitrogens with two attached hydrogens (primary N) is 1. The van der Waals surface area contributed by atoms with Crippen molar-refractivity contribution in [3.63, 3.8) is 0 Å². The van der Waals surface area contributed by atoms with E-state index < -0.39 is 0 Å². The summed E-state index contributed by atoms with van der Waals surface area (Å²) < 4.78 is 0.